The Morgan fingerprint density at radius 2 is 1.80 bits per heavy atom. The van der Waals surface area contributed by atoms with E-state index in [2.05, 4.69) is 99.2 Å². The van der Waals surface area contributed by atoms with Crippen LogP contribution in [0.25, 0.3) is 0 Å². The first-order valence-corrected chi connectivity index (χ1v) is 12.2. The zero-order valence-corrected chi connectivity index (χ0v) is 21.5. The molecule has 3 heteroatoms. The minimum absolute atomic E-state index is 0.146. The molecular formula is C27H40BrNO. The Kier molecular flexibility index (Phi) is 9.43. The van der Waals surface area contributed by atoms with Crippen LogP contribution in [0.3, 0.4) is 0 Å². The predicted molar refractivity (Wildman–Crippen MR) is 134 cm³/mol. The molecule has 2 rings (SSSR count). The lowest BCUT2D eigenvalue weighted by atomic mass is 9.82. The van der Waals surface area contributed by atoms with Crippen LogP contribution in [0.5, 0.6) is 5.75 Å². The van der Waals surface area contributed by atoms with Gasteiger partial charge in [0.1, 0.15) is 5.75 Å². The van der Waals surface area contributed by atoms with Gasteiger partial charge in [-0.25, -0.2) is 0 Å². The van der Waals surface area contributed by atoms with E-state index < -0.39 is 0 Å². The number of hydrogen-bond acceptors (Lipinski definition) is 2. The highest BCUT2D eigenvalue weighted by atomic mass is 79.9. The SMILES string of the molecule is CCOc1cccc(C(C)CC)c1CC(CCNC)c1ccc(C(C)(C)C)cc1Br. The molecular weight excluding hydrogens is 434 g/mol. The van der Waals surface area contributed by atoms with Gasteiger partial charge in [-0.1, -0.05) is 74.8 Å². The fourth-order valence-corrected chi connectivity index (χ4v) is 4.73. The number of hydrogen-bond donors (Lipinski definition) is 1. The van der Waals surface area contributed by atoms with Crippen molar-refractivity contribution in [3.05, 3.63) is 63.1 Å². The van der Waals surface area contributed by atoms with Gasteiger partial charge in [-0.2, -0.15) is 0 Å². The molecule has 0 spiro atoms. The molecule has 166 valence electrons. The van der Waals surface area contributed by atoms with Crippen molar-refractivity contribution in [2.75, 3.05) is 20.2 Å². The van der Waals surface area contributed by atoms with Crippen molar-refractivity contribution in [1.29, 1.82) is 0 Å². The summed E-state index contributed by atoms with van der Waals surface area (Å²) < 4.78 is 7.30. The Balaban J connectivity index is 2.49. The quantitative estimate of drug-likeness (QED) is 0.383. The molecule has 0 saturated carbocycles. The van der Waals surface area contributed by atoms with E-state index >= 15 is 0 Å². The summed E-state index contributed by atoms with van der Waals surface area (Å²) in [6.07, 6.45) is 3.21. The number of benzene rings is 2. The van der Waals surface area contributed by atoms with E-state index in [9.17, 15) is 0 Å². The van der Waals surface area contributed by atoms with E-state index in [4.69, 9.17) is 4.74 Å². The molecule has 0 aliphatic carbocycles. The van der Waals surface area contributed by atoms with Gasteiger partial charge in [0.05, 0.1) is 6.61 Å². The Labute approximate surface area is 192 Å². The maximum atomic E-state index is 6.08. The summed E-state index contributed by atoms with van der Waals surface area (Å²) in [5.74, 6) is 1.99. The van der Waals surface area contributed by atoms with Gasteiger partial charge < -0.3 is 10.1 Å². The van der Waals surface area contributed by atoms with Crippen molar-refractivity contribution in [3.8, 4) is 5.75 Å². The third kappa shape index (κ3) is 6.34. The van der Waals surface area contributed by atoms with Crippen molar-refractivity contribution in [2.24, 2.45) is 0 Å². The number of nitrogens with one attached hydrogen (secondary N) is 1. The van der Waals surface area contributed by atoms with E-state index in [-0.39, 0.29) is 5.41 Å². The summed E-state index contributed by atoms with van der Waals surface area (Å²) in [6.45, 7) is 15.2. The first-order valence-electron chi connectivity index (χ1n) is 11.4. The summed E-state index contributed by atoms with van der Waals surface area (Å²) in [6, 6.07) is 13.5. The fourth-order valence-electron chi connectivity index (χ4n) is 4.03. The summed E-state index contributed by atoms with van der Waals surface area (Å²) in [5, 5.41) is 3.35. The summed E-state index contributed by atoms with van der Waals surface area (Å²) in [4.78, 5) is 0. The molecule has 0 saturated heterocycles. The van der Waals surface area contributed by atoms with Crippen LogP contribution in [0.1, 0.15) is 88.5 Å². The lowest BCUT2D eigenvalue weighted by Gasteiger charge is -2.26. The highest BCUT2D eigenvalue weighted by Gasteiger charge is 2.23. The molecule has 2 aromatic rings. The number of rotatable bonds is 10. The van der Waals surface area contributed by atoms with Crippen molar-refractivity contribution in [1.82, 2.24) is 5.32 Å². The van der Waals surface area contributed by atoms with Crippen molar-refractivity contribution in [3.63, 3.8) is 0 Å². The first kappa shape index (κ1) is 24.9. The summed E-state index contributed by atoms with van der Waals surface area (Å²) >= 11 is 3.90. The van der Waals surface area contributed by atoms with E-state index in [1.807, 2.05) is 7.05 Å². The molecule has 2 aromatic carbocycles. The van der Waals surface area contributed by atoms with Crippen LogP contribution in [-0.2, 0) is 11.8 Å². The van der Waals surface area contributed by atoms with E-state index in [1.165, 1.54) is 26.7 Å². The smallest absolute Gasteiger partial charge is 0.122 e. The molecule has 0 aliphatic heterocycles. The number of halogens is 1. The van der Waals surface area contributed by atoms with E-state index in [1.54, 1.807) is 0 Å². The molecule has 0 aliphatic rings. The molecule has 0 bridgehead atoms. The van der Waals surface area contributed by atoms with Gasteiger partial charge >= 0.3 is 0 Å². The molecule has 2 unspecified atom stereocenters. The topological polar surface area (TPSA) is 21.3 Å². The fraction of sp³-hybridized carbons (Fsp3) is 0.556. The average Bonchev–Trinajstić information content (AvgIpc) is 2.71. The summed E-state index contributed by atoms with van der Waals surface area (Å²) in [7, 11) is 2.04. The van der Waals surface area contributed by atoms with Gasteiger partial charge in [0.25, 0.3) is 0 Å². The van der Waals surface area contributed by atoms with Crippen molar-refractivity contribution in [2.45, 2.75) is 78.1 Å². The van der Waals surface area contributed by atoms with Gasteiger partial charge in [0, 0.05) is 4.47 Å². The molecule has 0 radical (unpaired) electrons. The van der Waals surface area contributed by atoms with Crippen LogP contribution < -0.4 is 10.1 Å². The maximum Gasteiger partial charge on any atom is 0.122 e. The van der Waals surface area contributed by atoms with Crippen LogP contribution in [-0.4, -0.2) is 20.2 Å². The Bertz CT molecular complexity index is 809. The van der Waals surface area contributed by atoms with Crippen LogP contribution in [0.15, 0.2) is 40.9 Å². The standard InChI is InChI=1S/C27H40BrNO/c1-8-19(3)22-11-10-12-26(30-9-2)24(22)17-20(15-16-29-7)23-14-13-21(18-25(23)28)27(4,5)6/h10-14,18-20,29H,8-9,15-17H2,1-7H3. The molecule has 30 heavy (non-hydrogen) atoms. The largest absolute Gasteiger partial charge is 0.494 e. The van der Waals surface area contributed by atoms with Gasteiger partial charge in [0.15, 0.2) is 0 Å². The zero-order valence-electron chi connectivity index (χ0n) is 19.9. The van der Waals surface area contributed by atoms with E-state index in [0.29, 0.717) is 18.4 Å². The molecule has 0 fully saturated rings. The monoisotopic (exact) mass is 473 g/mol. The van der Waals surface area contributed by atoms with Crippen LogP contribution in [0, 0.1) is 0 Å². The number of ether oxygens (including phenoxy) is 1. The van der Waals surface area contributed by atoms with Crippen molar-refractivity contribution < 1.29 is 4.74 Å². The highest BCUT2D eigenvalue weighted by molar-refractivity contribution is 9.10. The molecule has 0 aromatic heterocycles. The highest BCUT2D eigenvalue weighted by Crippen LogP contribution is 2.38. The Hall–Kier alpha value is -1.32. The lowest BCUT2D eigenvalue weighted by molar-refractivity contribution is 0.334. The summed E-state index contributed by atoms with van der Waals surface area (Å²) in [5.41, 5.74) is 5.70. The maximum absolute atomic E-state index is 6.08. The molecule has 2 nitrogen and oxygen atoms in total. The van der Waals surface area contributed by atoms with Gasteiger partial charge in [-0.3, -0.25) is 0 Å². The second-order valence-electron chi connectivity index (χ2n) is 9.35. The minimum atomic E-state index is 0.146. The van der Waals surface area contributed by atoms with E-state index in [0.717, 1.165) is 31.6 Å². The average molecular weight is 475 g/mol. The second kappa shape index (κ2) is 11.3. The Morgan fingerprint density at radius 3 is 2.37 bits per heavy atom. The van der Waals surface area contributed by atoms with Crippen molar-refractivity contribution >= 4 is 15.9 Å². The van der Waals surface area contributed by atoms with Gasteiger partial charge in [0.2, 0.25) is 0 Å². The lowest BCUT2D eigenvalue weighted by Crippen LogP contribution is -2.17. The Morgan fingerprint density at radius 1 is 1.07 bits per heavy atom. The molecule has 0 heterocycles. The molecule has 0 amide bonds. The minimum Gasteiger partial charge on any atom is -0.494 e. The predicted octanol–water partition coefficient (Wildman–Crippen LogP) is 7.59. The third-order valence-electron chi connectivity index (χ3n) is 6.11. The van der Waals surface area contributed by atoms with Crippen LogP contribution >= 0.6 is 15.9 Å². The van der Waals surface area contributed by atoms with Crippen LogP contribution in [0.2, 0.25) is 0 Å². The zero-order chi connectivity index (χ0) is 22.3. The molecule has 2 atom stereocenters. The van der Waals surface area contributed by atoms with Crippen LogP contribution in [0.4, 0.5) is 0 Å². The molecule has 1 N–H and O–H groups in total. The van der Waals surface area contributed by atoms with Gasteiger partial charge in [-0.15, -0.1) is 0 Å². The first-order chi connectivity index (χ1) is 14.2. The normalized spacial score (nSPS) is 13.9. The third-order valence-corrected chi connectivity index (χ3v) is 6.80. The van der Waals surface area contributed by atoms with Gasteiger partial charge in [-0.05, 0) is 91.4 Å². The second-order valence-corrected chi connectivity index (χ2v) is 10.2.